The van der Waals surface area contributed by atoms with Crippen LogP contribution in [-0.2, 0) is 4.79 Å². The summed E-state index contributed by atoms with van der Waals surface area (Å²) in [4.78, 5) is 24.2. The first kappa shape index (κ1) is 16.3. The molecule has 0 saturated heterocycles. The molecule has 3 nitrogen and oxygen atoms in total. The Bertz CT molecular complexity index is 693. The van der Waals surface area contributed by atoms with Crippen LogP contribution in [0.15, 0.2) is 47.4 Å². The van der Waals surface area contributed by atoms with E-state index in [2.05, 4.69) is 5.32 Å². The molecule has 0 radical (unpaired) electrons. The predicted octanol–water partition coefficient (Wildman–Crippen LogP) is 4.24. The van der Waals surface area contributed by atoms with Crippen LogP contribution >= 0.6 is 11.8 Å². The van der Waals surface area contributed by atoms with Gasteiger partial charge < -0.3 is 5.32 Å². The summed E-state index contributed by atoms with van der Waals surface area (Å²) in [5.41, 5.74) is 3.79. The van der Waals surface area contributed by atoms with Gasteiger partial charge in [0.2, 0.25) is 5.91 Å². The molecule has 0 fully saturated rings. The van der Waals surface area contributed by atoms with Crippen molar-refractivity contribution in [2.75, 3.05) is 11.1 Å². The summed E-state index contributed by atoms with van der Waals surface area (Å²) in [5, 5.41) is 2.94. The summed E-state index contributed by atoms with van der Waals surface area (Å²) in [7, 11) is 0. The number of carbonyl (C=O) groups excluding carboxylic acids is 2. The van der Waals surface area contributed by atoms with Crippen LogP contribution in [0, 0.1) is 13.8 Å². The van der Waals surface area contributed by atoms with Gasteiger partial charge >= 0.3 is 0 Å². The van der Waals surface area contributed by atoms with Gasteiger partial charge in [0.05, 0.1) is 5.75 Å². The van der Waals surface area contributed by atoms with E-state index in [0.717, 1.165) is 21.7 Å². The molecule has 0 unspecified atom stereocenters. The van der Waals surface area contributed by atoms with Crippen molar-refractivity contribution in [2.45, 2.75) is 25.7 Å². The topological polar surface area (TPSA) is 46.2 Å². The molecule has 0 heterocycles. The maximum Gasteiger partial charge on any atom is 0.234 e. The molecular formula is C18H19NO2S. The van der Waals surface area contributed by atoms with Gasteiger partial charge in [-0.3, -0.25) is 9.59 Å². The Morgan fingerprint density at radius 3 is 2.36 bits per heavy atom. The van der Waals surface area contributed by atoms with Crippen molar-refractivity contribution in [3.05, 3.63) is 59.2 Å². The zero-order valence-electron chi connectivity index (χ0n) is 13.0. The van der Waals surface area contributed by atoms with Crippen molar-refractivity contribution in [1.29, 1.82) is 0 Å². The van der Waals surface area contributed by atoms with Gasteiger partial charge in [0.1, 0.15) is 0 Å². The van der Waals surface area contributed by atoms with Crippen molar-refractivity contribution in [1.82, 2.24) is 0 Å². The number of nitrogens with one attached hydrogen (secondary N) is 1. The molecule has 0 spiro atoms. The Hall–Kier alpha value is -2.07. The quantitative estimate of drug-likeness (QED) is 0.663. The number of Topliss-reactive ketones (excluding diaryl/α,β-unsaturated/α-hetero) is 1. The minimum absolute atomic E-state index is 0.0330. The van der Waals surface area contributed by atoms with Gasteiger partial charge in [0.25, 0.3) is 0 Å². The highest BCUT2D eigenvalue weighted by Crippen LogP contribution is 2.21. The van der Waals surface area contributed by atoms with E-state index in [1.807, 2.05) is 44.2 Å². The molecular weight excluding hydrogens is 294 g/mol. The molecule has 0 aromatic heterocycles. The minimum atomic E-state index is -0.0330. The van der Waals surface area contributed by atoms with Gasteiger partial charge in [-0.2, -0.15) is 0 Å². The number of anilines is 1. The number of amides is 1. The second kappa shape index (κ2) is 7.27. The van der Waals surface area contributed by atoms with Crippen molar-refractivity contribution in [3.8, 4) is 0 Å². The highest BCUT2D eigenvalue weighted by molar-refractivity contribution is 8.00. The average molecular weight is 313 g/mol. The second-order valence-electron chi connectivity index (χ2n) is 5.16. The standard InChI is InChI=1S/C18H19NO2S/c1-12-5-4-6-17(13(12)2)19-18(21)11-22-16-9-7-15(8-10-16)14(3)20/h4-10H,11H2,1-3H3,(H,19,21). The molecule has 0 aliphatic heterocycles. The molecule has 2 aromatic carbocycles. The summed E-state index contributed by atoms with van der Waals surface area (Å²) in [6.45, 7) is 5.56. The molecule has 4 heteroatoms. The van der Waals surface area contributed by atoms with Crippen LogP contribution in [0.4, 0.5) is 5.69 Å². The largest absolute Gasteiger partial charge is 0.325 e. The number of benzene rings is 2. The van der Waals surface area contributed by atoms with Crippen LogP contribution in [-0.4, -0.2) is 17.4 Å². The lowest BCUT2D eigenvalue weighted by Crippen LogP contribution is -2.15. The third-order valence-corrected chi connectivity index (χ3v) is 4.52. The van der Waals surface area contributed by atoms with Crippen molar-refractivity contribution in [2.24, 2.45) is 0 Å². The number of thioether (sulfide) groups is 1. The molecule has 0 saturated carbocycles. The normalized spacial score (nSPS) is 10.3. The van der Waals surface area contributed by atoms with E-state index in [-0.39, 0.29) is 11.7 Å². The second-order valence-corrected chi connectivity index (χ2v) is 6.21. The zero-order chi connectivity index (χ0) is 16.1. The SMILES string of the molecule is CC(=O)c1ccc(SCC(=O)Nc2cccc(C)c2C)cc1. The predicted molar refractivity (Wildman–Crippen MR) is 91.7 cm³/mol. The summed E-state index contributed by atoms with van der Waals surface area (Å²) >= 11 is 1.45. The van der Waals surface area contributed by atoms with Gasteiger partial charge in [-0.25, -0.2) is 0 Å². The number of hydrogen-bond acceptors (Lipinski definition) is 3. The first-order valence-corrected chi connectivity index (χ1v) is 8.06. The Kier molecular flexibility index (Phi) is 5.39. The Morgan fingerprint density at radius 2 is 1.73 bits per heavy atom. The van der Waals surface area contributed by atoms with Gasteiger partial charge in [0.15, 0.2) is 5.78 Å². The van der Waals surface area contributed by atoms with Crippen LogP contribution in [0.1, 0.15) is 28.4 Å². The molecule has 1 N–H and O–H groups in total. The lowest BCUT2D eigenvalue weighted by Gasteiger charge is -2.10. The maximum absolute atomic E-state index is 12.0. The van der Waals surface area contributed by atoms with E-state index in [1.165, 1.54) is 11.8 Å². The van der Waals surface area contributed by atoms with E-state index < -0.39 is 0 Å². The number of aryl methyl sites for hydroxylation is 1. The summed E-state index contributed by atoms with van der Waals surface area (Å²) in [6, 6.07) is 13.2. The zero-order valence-corrected chi connectivity index (χ0v) is 13.8. The Labute approximate surface area is 135 Å². The van der Waals surface area contributed by atoms with E-state index >= 15 is 0 Å². The van der Waals surface area contributed by atoms with Crippen molar-refractivity contribution < 1.29 is 9.59 Å². The van der Waals surface area contributed by atoms with E-state index in [1.54, 1.807) is 19.1 Å². The Morgan fingerprint density at radius 1 is 1.05 bits per heavy atom. The first-order valence-electron chi connectivity index (χ1n) is 7.07. The molecule has 2 rings (SSSR count). The van der Waals surface area contributed by atoms with Gasteiger partial charge in [-0.05, 0) is 50.1 Å². The van der Waals surface area contributed by atoms with Crippen LogP contribution in [0.2, 0.25) is 0 Å². The first-order chi connectivity index (χ1) is 10.5. The average Bonchev–Trinajstić information content (AvgIpc) is 2.50. The molecule has 0 atom stereocenters. The molecule has 1 amide bonds. The fraction of sp³-hybridized carbons (Fsp3) is 0.222. The molecule has 0 bridgehead atoms. The third-order valence-electron chi connectivity index (χ3n) is 3.51. The highest BCUT2D eigenvalue weighted by atomic mass is 32.2. The van der Waals surface area contributed by atoms with E-state index in [9.17, 15) is 9.59 Å². The van der Waals surface area contributed by atoms with E-state index in [4.69, 9.17) is 0 Å². The van der Waals surface area contributed by atoms with Crippen LogP contribution in [0.3, 0.4) is 0 Å². The van der Waals surface area contributed by atoms with Crippen molar-refractivity contribution >= 4 is 29.1 Å². The van der Waals surface area contributed by atoms with Crippen LogP contribution in [0.25, 0.3) is 0 Å². The van der Waals surface area contributed by atoms with Crippen LogP contribution in [0.5, 0.6) is 0 Å². The van der Waals surface area contributed by atoms with Gasteiger partial charge in [0, 0.05) is 16.1 Å². The molecule has 22 heavy (non-hydrogen) atoms. The molecule has 2 aromatic rings. The number of hydrogen-bond donors (Lipinski definition) is 1. The van der Waals surface area contributed by atoms with Crippen molar-refractivity contribution in [3.63, 3.8) is 0 Å². The number of carbonyl (C=O) groups is 2. The van der Waals surface area contributed by atoms with Gasteiger partial charge in [-0.15, -0.1) is 11.8 Å². The maximum atomic E-state index is 12.0. The van der Waals surface area contributed by atoms with Gasteiger partial charge in [-0.1, -0.05) is 24.3 Å². The summed E-state index contributed by atoms with van der Waals surface area (Å²) < 4.78 is 0. The molecule has 0 aliphatic rings. The third kappa shape index (κ3) is 4.21. The number of rotatable bonds is 5. The lowest BCUT2D eigenvalue weighted by atomic mass is 10.1. The van der Waals surface area contributed by atoms with E-state index in [0.29, 0.717) is 11.3 Å². The summed E-state index contributed by atoms with van der Waals surface area (Å²) in [5.74, 6) is 0.353. The fourth-order valence-corrected chi connectivity index (χ4v) is 2.71. The number of ketones is 1. The minimum Gasteiger partial charge on any atom is -0.325 e. The molecule has 114 valence electrons. The fourth-order valence-electron chi connectivity index (χ4n) is 2.01. The monoisotopic (exact) mass is 313 g/mol. The lowest BCUT2D eigenvalue weighted by molar-refractivity contribution is -0.113. The molecule has 0 aliphatic carbocycles. The highest BCUT2D eigenvalue weighted by Gasteiger charge is 2.07. The summed E-state index contributed by atoms with van der Waals surface area (Å²) in [6.07, 6.45) is 0. The smallest absolute Gasteiger partial charge is 0.234 e. The Balaban J connectivity index is 1.92. The van der Waals surface area contributed by atoms with Crippen LogP contribution < -0.4 is 5.32 Å².